The van der Waals surface area contributed by atoms with Gasteiger partial charge < -0.3 is 4.74 Å². The zero-order valence-corrected chi connectivity index (χ0v) is 11.2. The van der Waals surface area contributed by atoms with Gasteiger partial charge in [-0.15, -0.1) is 0 Å². The van der Waals surface area contributed by atoms with Crippen LogP contribution < -0.4 is 4.74 Å². The molecular weight excluding hydrogens is 222 g/mol. The molecule has 0 fully saturated rings. The van der Waals surface area contributed by atoms with E-state index in [1.807, 2.05) is 30.3 Å². The van der Waals surface area contributed by atoms with E-state index in [2.05, 4.69) is 32.3 Å². The lowest BCUT2D eigenvalue weighted by molar-refractivity contribution is 0.170. The minimum absolute atomic E-state index is 0.200. The van der Waals surface area contributed by atoms with E-state index in [4.69, 9.17) is 4.74 Å². The molecule has 0 aliphatic heterocycles. The molecule has 0 N–H and O–H groups in total. The summed E-state index contributed by atoms with van der Waals surface area (Å²) in [5, 5.41) is 1.08. The molecule has 0 saturated carbocycles. The van der Waals surface area contributed by atoms with E-state index in [1.54, 1.807) is 6.20 Å². The Hall–Kier alpha value is -1.83. The maximum atomic E-state index is 5.92. The summed E-state index contributed by atoms with van der Waals surface area (Å²) in [4.78, 5) is 4.34. The van der Waals surface area contributed by atoms with E-state index in [0.717, 1.165) is 22.2 Å². The van der Waals surface area contributed by atoms with E-state index < -0.39 is 0 Å². The molecule has 0 amide bonds. The van der Waals surface area contributed by atoms with Gasteiger partial charge in [-0.05, 0) is 42.7 Å². The summed E-state index contributed by atoms with van der Waals surface area (Å²) in [6.07, 6.45) is 3.85. The molecule has 94 valence electrons. The van der Waals surface area contributed by atoms with Crippen LogP contribution in [0.3, 0.4) is 0 Å². The van der Waals surface area contributed by atoms with Crippen molar-refractivity contribution < 1.29 is 4.74 Å². The first-order chi connectivity index (χ1) is 8.61. The van der Waals surface area contributed by atoms with Gasteiger partial charge in [-0.2, -0.15) is 0 Å². The van der Waals surface area contributed by atoms with E-state index in [1.165, 1.54) is 0 Å². The molecule has 18 heavy (non-hydrogen) atoms. The van der Waals surface area contributed by atoms with Crippen molar-refractivity contribution in [2.45, 2.75) is 26.9 Å². The highest BCUT2D eigenvalue weighted by molar-refractivity contribution is 5.88. The number of nitrogens with zero attached hydrogens (tertiary/aromatic N) is 1. The summed E-state index contributed by atoms with van der Waals surface area (Å²) in [5.41, 5.74) is 2.06. The molecule has 0 saturated heterocycles. The average molecular weight is 241 g/mol. The van der Waals surface area contributed by atoms with Gasteiger partial charge in [0.15, 0.2) is 0 Å². The number of pyridine rings is 1. The first-order valence-corrected chi connectivity index (χ1v) is 6.29. The van der Waals surface area contributed by atoms with Gasteiger partial charge in [-0.3, -0.25) is 4.98 Å². The van der Waals surface area contributed by atoms with Gasteiger partial charge in [0, 0.05) is 11.6 Å². The lowest BCUT2D eigenvalue weighted by atomic mass is 10.1. The highest BCUT2D eigenvalue weighted by Gasteiger charge is 2.09. The quantitative estimate of drug-likeness (QED) is 0.796. The molecule has 0 radical (unpaired) electrons. The van der Waals surface area contributed by atoms with Gasteiger partial charge in [0.1, 0.15) is 5.75 Å². The lowest BCUT2D eigenvalue weighted by Crippen LogP contribution is -2.18. The summed E-state index contributed by atoms with van der Waals surface area (Å²) in [6, 6.07) is 7.97. The van der Waals surface area contributed by atoms with Gasteiger partial charge in [-0.1, -0.05) is 26.5 Å². The van der Waals surface area contributed by atoms with Gasteiger partial charge >= 0.3 is 0 Å². The second-order valence-corrected chi connectivity index (χ2v) is 4.85. The molecule has 1 aromatic carbocycles. The summed E-state index contributed by atoms with van der Waals surface area (Å²) in [7, 11) is 0. The summed E-state index contributed by atoms with van der Waals surface area (Å²) < 4.78 is 5.92. The molecule has 1 unspecified atom stereocenters. The van der Waals surface area contributed by atoms with E-state index in [9.17, 15) is 0 Å². The van der Waals surface area contributed by atoms with Crippen molar-refractivity contribution in [1.29, 1.82) is 0 Å². The van der Waals surface area contributed by atoms with Crippen molar-refractivity contribution in [3.8, 4) is 5.75 Å². The maximum Gasteiger partial charge on any atom is 0.120 e. The van der Waals surface area contributed by atoms with Crippen LogP contribution in [-0.4, -0.2) is 11.1 Å². The summed E-state index contributed by atoms with van der Waals surface area (Å²) in [5.74, 6) is 1.38. The van der Waals surface area contributed by atoms with Crippen molar-refractivity contribution in [2.75, 3.05) is 0 Å². The lowest BCUT2D eigenvalue weighted by Gasteiger charge is -2.18. The van der Waals surface area contributed by atoms with E-state index in [0.29, 0.717) is 5.92 Å². The Balaban J connectivity index is 2.40. The zero-order chi connectivity index (χ0) is 13.1. The highest BCUT2D eigenvalue weighted by Crippen LogP contribution is 2.24. The van der Waals surface area contributed by atoms with Gasteiger partial charge in [0.05, 0.1) is 11.6 Å². The van der Waals surface area contributed by atoms with Crippen LogP contribution in [0.5, 0.6) is 5.75 Å². The Kier molecular flexibility index (Phi) is 3.66. The van der Waals surface area contributed by atoms with E-state index >= 15 is 0 Å². The molecule has 0 aliphatic rings. The highest BCUT2D eigenvalue weighted by atomic mass is 16.5. The Bertz CT molecular complexity index is 560. The number of aromatic nitrogens is 1. The van der Waals surface area contributed by atoms with Crippen LogP contribution in [0.1, 0.15) is 26.3 Å². The molecule has 1 aromatic heterocycles. The largest absolute Gasteiger partial charge is 0.490 e. The van der Waals surface area contributed by atoms with Gasteiger partial charge in [-0.25, -0.2) is 0 Å². The van der Waals surface area contributed by atoms with Gasteiger partial charge in [0.2, 0.25) is 0 Å². The molecule has 2 aromatic rings. The Morgan fingerprint density at radius 1 is 1.22 bits per heavy atom. The minimum atomic E-state index is 0.200. The number of fused-ring (bicyclic) bond motifs is 1. The number of benzene rings is 1. The molecular formula is C16H19NO. The van der Waals surface area contributed by atoms with Crippen LogP contribution in [0.15, 0.2) is 37.0 Å². The smallest absolute Gasteiger partial charge is 0.120 e. The predicted molar refractivity (Wildman–Crippen MR) is 76.8 cm³/mol. The van der Waals surface area contributed by atoms with Crippen molar-refractivity contribution in [2.24, 2.45) is 5.92 Å². The fourth-order valence-corrected chi connectivity index (χ4v) is 1.75. The normalized spacial score (nSPS) is 12.7. The molecule has 1 atom stereocenters. The van der Waals surface area contributed by atoms with Crippen molar-refractivity contribution in [1.82, 2.24) is 4.98 Å². The fraction of sp³-hybridized carbons (Fsp3) is 0.312. The standard InChI is InChI=1S/C16H19NO/c1-5-13-8-9-17-16-7-6-14(10-15(13)16)18-12(4)11(2)3/h5-12H,1H2,2-4H3. The number of rotatable bonds is 4. The first kappa shape index (κ1) is 12.6. The Morgan fingerprint density at radius 2 is 2.00 bits per heavy atom. The Labute approximate surface area is 108 Å². The maximum absolute atomic E-state index is 5.92. The summed E-state index contributed by atoms with van der Waals surface area (Å²) >= 11 is 0. The first-order valence-electron chi connectivity index (χ1n) is 6.29. The monoisotopic (exact) mass is 241 g/mol. The third kappa shape index (κ3) is 2.53. The third-order valence-corrected chi connectivity index (χ3v) is 3.23. The molecule has 2 rings (SSSR count). The average Bonchev–Trinajstić information content (AvgIpc) is 2.37. The minimum Gasteiger partial charge on any atom is -0.490 e. The van der Waals surface area contributed by atoms with Crippen LogP contribution >= 0.6 is 0 Å². The SMILES string of the molecule is C=Cc1ccnc2ccc(OC(C)C(C)C)cc12. The van der Waals surface area contributed by atoms with Gasteiger partial charge in [0.25, 0.3) is 0 Å². The molecule has 0 spiro atoms. The van der Waals surface area contributed by atoms with Crippen molar-refractivity contribution in [3.05, 3.63) is 42.6 Å². The molecule has 0 bridgehead atoms. The third-order valence-electron chi connectivity index (χ3n) is 3.23. The topological polar surface area (TPSA) is 22.1 Å². The summed E-state index contributed by atoms with van der Waals surface area (Å²) in [6.45, 7) is 10.2. The fourth-order valence-electron chi connectivity index (χ4n) is 1.75. The second kappa shape index (κ2) is 5.21. The van der Waals surface area contributed by atoms with Crippen LogP contribution in [-0.2, 0) is 0 Å². The van der Waals surface area contributed by atoms with Crippen LogP contribution in [0.4, 0.5) is 0 Å². The molecule has 2 heteroatoms. The number of hydrogen-bond donors (Lipinski definition) is 0. The van der Waals surface area contributed by atoms with Crippen molar-refractivity contribution >= 4 is 17.0 Å². The van der Waals surface area contributed by atoms with E-state index in [-0.39, 0.29) is 6.10 Å². The van der Waals surface area contributed by atoms with Crippen molar-refractivity contribution in [3.63, 3.8) is 0 Å². The molecule has 1 heterocycles. The molecule has 0 aliphatic carbocycles. The second-order valence-electron chi connectivity index (χ2n) is 4.85. The van der Waals surface area contributed by atoms with Crippen LogP contribution in [0, 0.1) is 5.92 Å². The Morgan fingerprint density at radius 3 is 2.67 bits per heavy atom. The number of ether oxygens (including phenoxy) is 1. The zero-order valence-electron chi connectivity index (χ0n) is 11.2. The van der Waals surface area contributed by atoms with Crippen LogP contribution in [0.2, 0.25) is 0 Å². The number of hydrogen-bond acceptors (Lipinski definition) is 2. The predicted octanol–water partition coefficient (Wildman–Crippen LogP) is 4.30. The van der Waals surface area contributed by atoms with Crippen LogP contribution in [0.25, 0.3) is 17.0 Å². The molecule has 2 nitrogen and oxygen atoms in total.